The number of amides is 1. The second-order valence-electron chi connectivity index (χ2n) is 5.51. The van der Waals surface area contributed by atoms with Crippen molar-refractivity contribution in [2.24, 2.45) is 4.99 Å². The van der Waals surface area contributed by atoms with Gasteiger partial charge in [0.2, 0.25) is 0 Å². The molecular weight excluding hydrogens is 332 g/mol. The molecule has 0 fully saturated rings. The maximum absolute atomic E-state index is 12.0. The predicted octanol–water partition coefficient (Wildman–Crippen LogP) is 1.68. The smallest absolute Gasteiger partial charge is 0.306 e. The molecule has 0 saturated heterocycles. The number of nitrogen functional groups attached to an aromatic ring is 1. The van der Waals surface area contributed by atoms with E-state index >= 15 is 0 Å². The van der Waals surface area contributed by atoms with Gasteiger partial charge in [-0.3, -0.25) is 4.79 Å². The van der Waals surface area contributed by atoms with E-state index in [1.165, 1.54) is 13.4 Å². The van der Waals surface area contributed by atoms with Crippen molar-refractivity contribution in [3.63, 3.8) is 0 Å². The Morgan fingerprint density at radius 3 is 2.73 bits per heavy atom. The minimum absolute atomic E-state index is 0.0835. The normalized spacial score (nSPS) is 11.5. The zero-order valence-corrected chi connectivity index (χ0v) is 14.6. The van der Waals surface area contributed by atoms with Crippen LogP contribution in [-0.2, 0) is 16.1 Å². The summed E-state index contributed by atoms with van der Waals surface area (Å²) in [7, 11) is 1.43. The Kier molecular flexibility index (Phi) is 5.12. The average molecular weight is 352 g/mol. The number of rotatable bonds is 4. The summed E-state index contributed by atoms with van der Waals surface area (Å²) in [5.41, 5.74) is 8.52. The van der Waals surface area contributed by atoms with E-state index < -0.39 is 0 Å². The summed E-state index contributed by atoms with van der Waals surface area (Å²) in [6.07, 6.45) is 3.35. The van der Waals surface area contributed by atoms with Crippen molar-refractivity contribution in [1.29, 1.82) is 0 Å². The fraction of sp³-hybridized carbons (Fsp3) is 0.222. The molecule has 0 aliphatic rings. The maximum Gasteiger partial charge on any atom is 0.306 e. The lowest BCUT2D eigenvalue weighted by Gasteiger charge is -2.09. The van der Waals surface area contributed by atoms with E-state index in [2.05, 4.69) is 20.3 Å². The lowest BCUT2D eigenvalue weighted by Crippen LogP contribution is -2.31. The molecule has 0 aliphatic carbocycles. The van der Waals surface area contributed by atoms with Gasteiger partial charge < -0.3 is 20.4 Å². The summed E-state index contributed by atoms with van der Waals surface area (Å²) >= 11 is 0. The van der Waals surface area contributed by atoms with Crippen LogP contribution in [0.1, 0.15) is 12.5 Å². The van der Waals surface area contributed by atoms with Crippen molar-refractivity contribution in [2.45, 2.75) is 13.5 Å². The second-order valence-corrected chi connectivity index (χ2v) is 5.51. The molecule has 2 heterocycles. The summed E-state index contributed by atoms with van der Waals surface area (Å²) in [4.78, 5) is 24.3. The van der Waals surface area contributed by atoms with E-state index in [1.807, 2.05) is 48.0 Å². The van der Waals surface area contributed by atoms with Crippen LogP contribution in [0.2, 0.25) is 0 Å². The standard InChI is InChI=1S/C18H20N6O2/c1-3-20-18(26-2)17(25)21-10-12-4-6-13(7-5-12)24-9-8-14-15(19)22-11-23-16(14)24/h4-9,11H,3,10H2,1-2H3,(H,21,25)(H2,19,22,23). The van der Waals surface area contributed by atoms with Gasteiger partial charge in [0.1, 0.15) is 17.8 Å². The quantitative estimate of drug-likeness (QED) is 0.549. The number of methoxy groups -OCH3 is 1. The van der Waals surface area contributed by atoms with Crippen molar-refractivity contribution in [3.8, 4) is 5.69 Å². The highest BCUT2D eigenvalue weighted by atomic mass is 16.5. The van der Waals surface area contributed by atoms with Crippen LogP contribution in [0, 0.1) is 0 Å². The molecule has 0 aliphatic heterocycles. The first-order valence-electron chi connectivity index (χ1n) is 8.17. The number of hydrogen-bond acceptors (Lipinski definition) is 6. The van der Waals surface area contributed by atoms with Crippen LogP contribution >= 0.6 is 0 Å². The van der Waals surface area contributed by atoms with Crippen LogP contribution in [0.4, 0.5) is 5.82 Å². The highest BCUT2D eigenvalue weighted by molar-refractivity contribution is 6.35. The van der Waals surface area contributed by atoms with Crippen molar-refractivity contribution in [2.75, 3.05) is 19.4 Å². The number of benzene rings is 1. The first kappa shape index (κ1) is 17.4. The summed E-state index contributed by atoms with van der Waals surface area (Å²) in [6.45, 7) is 2.71. The van der Waals surface area contributed by atoms with E-state index in [0.717, 1.165) is 22.3 Å². The minimum atomic E-state index is -0.331. The van der Waals surface area contributed by atoms with E-state index in [4.69, 9.17) is 10.5 Å². The molecule has 1 amide bonds. The number of aromatic nitrogens is 3. The maximum atomic E-state index is 12.0. The number of nitrogens with two attached hydrogens (primary N) is 1. The topological polar surface area (TPSA) is 107 Å². The molecule has 1 aromatic carbocycles. The van der Waals surface area contributed by atoms with Crippen LogP contribution in [0.25, 0.3) is 16.7 Å². The molecule has 134 valence electrons. The first-order valence-corrected chi connectivity index (χ1v) is 8.17. The number of carbonyl (C=O) groups excluding carboxylic acids is 1. The molecule has 0 bridgehead atoms. The Morgan fingerprint density at radius 2 is 2.04 bits per heavy atom. The molecule has 0 atom stereocenters. The fourth-order valence-corrected chi connectivity index (χ4v) is 2.58. The van der Waals surface area contributed by atoms with Crippen LogP contribution < -0.4 is 11.1 Å². The molecule has 3 aromatic rings. The van der Waals surface area contributed by atoms with Gasteiger partial charge in [0.05, 0.1) is 12.5 Å². The van der Waals surface area contributed by atoms with Gasteiger partial charge in [0, 0.05) is 25.0 Å². The van der Waals surface area contributed by atoms with Gasteiger partial charge >= 0.3 is 5.91 Å². The van der Waals surface area contributed by atoms with Crippen LogP contribution in [0.15, 0.2) is 47.8 Å². The largest absolute Gasteiger partial charge is 0.477 e. The summed E-state index contributed by atoms with van der Waals surface area (Å²) in [5.74, 6) is 0.206. The van der Waals surface area contributed by atoms with Gasteiger partial charge in [-0.1, -0.05) is 12.1 Å². The number of anilines is 1. The Hall–Kier alpha value is -3.42. The molecule has 2 aromatic heterocycles. The third-order valence-corrected chi connectivity index (χ3v) is 3.87. The predicted molar refractivity (Wildman–Crippen MR) is 100 cm³/mol. The van der Waals surface area contributed by atoms with Gasteiger partial charge in [-0.25, -0.2) is 15.0 Å². The highest BCUT2D eigenvalue weighted by Gasteiger charge is 2.11. The molecule has 3 rings (SSSR count). The van der Waals surface area contributed by atoms with Crippen LogP contribution in [0.5, 0.6) is 0 Å². The fourth-order valence-electron chi connectivity index (χ4n) is 2.58. The SMILES string of the molecule is CCN=C(OC)C(=O)NCc1ccc(-n2ccc3c(N)ncnc32)cc1. The Balaban J connectivity index is 1.73. The van der Waals surface area contributed by atoms with Gasteiger partial charge in [0.15, 0.2) is 0 Å². The van der Waals surface area contributed by atoms with Gasteiger partial charge in [-0.2, -0.15) is 0 Å². The number of aliphatic imine (C=N–C) groups is 1. The highest BCUT2D eigenvalue weighted by Crippen LogP contribution is 2.21. The summed E-state index contributed by atoms with van der Waals surface area (Å²) in [5, 5.41) is 3.60. The molecule has 8 nitrogen and oxygen atoms in total. The number of fused-ring (bicyclic) bond motifs is 1. The minimum Gasteiger partial charge on any atom is -0.477 e. The Bertz CT molecular complexity index is 946. The van der Waals surface area contributed by atoms with Gasteiger partial charge in [0.25, 0.3) is 5.90 Å². The van der Waals surface area contributed by atoms with E-state index in [1.54, 1.807) is 0 Å². The second kappa shape index (κ2) is 7.64. The summed E-state index contributed by atoms with van der Waals surface area (Å²) in [6, 6.07) is 9.68. The molecular formula is C18H20N6O2. The van der Waals surface area contributed by atoms with Crippen molar-refractivity contribution < 1.29 is 9.53 Å². The zero-order chi connectivity index (χ0) is 18.5. The van der Waals surface area contributed by atoms with Gasteiger partial charge in [-0.05, 0) is 30.7 Å². The number of hydrogen-bond donors (Lipinski definition) is 2. The lowest BCUT2D eigenvalue weighted by molar-refractivity contribution is -0.116. The number of ether oxygens (including phenoxy) is 1. The number of nitrogens with zero attached hydrogens (tertiary/aromatic N) is 4. The first-order chi connectivity index (χ1) is 12.6. The lowest BCUT2D eigenvalue weighted by atomic mass is 10.2. The van der Waals surface area contributed by atoms with Crippen LogP contribution in [0.3, 0.4) is 0 Å². The molecule has 0 spiro atoms. The molecule has 8 heteroatoms. The molecule has 0 saturated carbocycles. The monoisotopic (exact) mass is 352 g/mol. The summed E-state index contributed by atoms with van der Waals surface area (Å²) < 4.78 is 6.91. The molecule has 0 radical (unpaired) electrons. The molecule has 0 unspecified atom stereocenters. The van der Waals surface area contributed by atoms with E-state index in [9.17, 15) is 4.79 Å². The van der Waals surface area contributed by atoms with Crippen molar-refractivity contribution in [1.82, 2.24) is 19.9 Å². The van der Waals surface area contributed by atoms with E-state index in [-0.39, 0.29) is 11.8 Å². The molecule has 3 N–H and O–H groups in total. The van der Waals surface area contributed by atoms with Crippen LogP contribution in [-0.4, -0.2) is 40.0 Å². The molecule has 26 heavy (non-hydrogen) atoms. The third-order valence-electron chi connectivity index (χ3n) is 3.87. The average Bonchev–Trinajstić information content (AvgIpc) is 3.10. The van der Waals surface area contributed by atoms with E-state index in [0.29, 0.717) is 18.9 Å². The van der Waals surface area contributed by atoms with Gasteiger partial charge in [-0.15, -0.1) is 0 Å². The number of nitrogens with one attached hydrogen (secondary N) is 1. The third kappa shape index (κ3) is 3.49. The number of carbonyl (C=O) groups is 1. The Labute approximate surface area is 150 Å². The Morgan fingerprint density at radius 1 is 1.27 bits per heavy atom. The van der Waals surface area contributed by atoms with Crippen molar-refractivity contribution >= 4 is 28.7 Å². The zero-order valence-electron chi connectivity index (χ0n) is 14.6. The van der Waals surface area contributed by atoms with Crippen molar-refractivity contribution in [3.05, 3.63) is 48.4 Å².